The first kappa shape index (κ1) is 11.6. The van der Waals surface area contributed by atoms with Crippen LogP contribution in [0.1, 0.15) is 23.5 Å². The van der Waals surface area contributed by atoms with Gasteiger partial charge in [0.2, 0.25) is 0 Å². The van der Waals surface area contributed by atoms with Crippen molar-refractivity contribution in [3.8, 4) is 11.1 Å². The van der Waals surface area contributed by atoms with Crippen LogP contribution < -0.4 is 0 Å². The largest absolute Gasteiger partial charge is 0.122 e. The van der Waals surface area contributed by atoms with Gasteiger partial charge < -0.3 is 0 Å². The molecular formula is C17H15Cl. The number of hydrogen-bond acceptors (Lipinski definition) is 0. The molecule has 0 aliphatic heterocycles. The van der Waals surface area contributed by atoms with Crippen LogP contribution in [0.5, 0.6) is 0 Å². The van der Waals surface area contributed by atoms with Crippen LogP contribution in [-0.2, 0) is 0 Å². The molecule has 0 saturated heterocycles. The van der Waals surface area contributed by atoms with Crippen LogP contribution in [0.15, 0.2) is 60.7 Å². The van der Waals surface area contributed by atoms with Gasteiger partial charge in [0.15, 0.2) is 0 Å². The predicted octanol–water partition coefficient (Wildman–Crippen LogP) is 4.98. The molecule has 0 fully saturated rings. The quantitative estimate of drug-likeness (QED) is 0.535. The summed E-state index contributed by atoms with van der Waals surface area (Å²) in [6.07, 6.45) is 5.25. The average Bonchev–Trinajstić information content (AvgIpc) is 2.74. The summed E-state index contributed by atoms with van der Waals surface area (Å²) in [5, 5.41) is 0. The van der Waals surface area contributed by atoms with E-state index >= 15 is 0 Å². The Kier molecular flexibility index (Phi) is 3.21. The first-order chi connectivity index (χ1) is 8.92. The number of alkyl halides is 1. The van der Waals surface area contributed by atoms with Gasteiger partial charge in [-0.25, -0.2) is 0 Å². The minimum absolute atomic E-state index is 0.483. The van der Waals surface area contributed by atoms with E-state index in [1.807, 2.05) is 6.08 Å². The molecule has 0 heterocycles. The fourth-order valence-electron chi connectivity index (χ4n) is 2.81. The van der Waals surface area contributed by atoms with Gasteiger partial charge in [-0.1, -0.05) is 60.7 Å². The lowest BCUT2D eigenvalue weighted by molar-refractivity contribution is 0.853. The van der Waals surface area contributed by atoms with E-state index in [9.17, 15) is 0 Å². The van der Waals surface area contributed by atoms with Crippen molar-refractivity contribution in [2.24, 2.45) is 0 Å². The van der Waals surface area contributed by atoms with Crippen molar-refractivity contribution >= 4 is 11.6 Å². The van der Waals surface area contributed by atoms with E-state index < -0.39 is 0 Å². The number of benzene rings is 2. The van der Waals surface area contributed by atoms with Gasteiger partial charge in [0.25, 0.3) is 0 Å². The number of allylic oxidation sites excluding steroid dienone is 2. The predicted molar refractivity (Wildman–Crippen MR) is 78.2 cm³/mol. The molecule has 0 saturated carbocycles. The summed E-state index contributed by atoms with van der Waals surface area (Å²) in [5.41, 5.74) is 5.66. The van der Waals surface area contributed by atoms with Crippen LogP contribution in [0.25, 0.3) is 11.1 Å². The van der Waals surface area contributed by atoms with Crippen molar-refractivity contribution in [2.45, 2.75) is 12.3 Å². The SMILES string of the molecule is ClCC=CCC1c2ccccc2-c2ccccc21. The normalized spacial score (nSPS) is 13.8. The van der Waals surface area contributed by atoms with Crippen molar-refractivity contribution in [1.82, 2.24) is 0 Å². The van der Waals surface area contributed by atoms with E-state index in [1.54, 1.807) is 0 Å². The molecule has 90 valence electrons. The van der Waals surface area contributed by atoms with Gasteiger partial charge in [0, 0.05) is 11.8 Å². The van der Waals surface area contributed by atoms with Crippen LogP contribution >= 0.6 is 11.6 Å². The van der Waals surface area contributed by atoms with Crippen molar-refractivity contribution in [2.75, 3.05) is 5.88 Å². The second kappa shape index (κ2) is 4.99. The lowest BCUT2D eigenvalue weighted by atomic mass is 9.93. The zero-order valence-corrected chi connectivity index (χ0v) is 10.9. The summed E-state index contributed by atoms with van der Waals surface area (Å²) in [5.74, 6) is 1.08. The Morgan fingerprint density at radius 2 is 1.39 bits per heavy atom. The molecule has 3 rings (SSSR count). The highest BCUT2D eigenvalue weighted by Gasteiger charge is 2.26. The smallest absolute Gasteiger partial charge is 0.0404 e. The van der Waals surface area contributed by atoms with Crippen LogP contribution in [0.3, 0.4) is 0 Å². The number of fused-ring (bicyclic) bond motifs is 3. The highest BCUT2D eigenvalue weighted by molar-refractivity contribution is 6.18. The van der Waals surface area contributed by atoms with Crippen molar-refractivity contribution in [3.05, 3.63) is 71.8 Å². The van der Waals surface area contributed by atoms with Gasteiger partial charge in [-0.2, -0.15) is 0 Å². The van der Waals surface area contributed by atoms with Gasteiger partial charge in [-0.15, -0.1) is 11.6 Å². The van der Waals surface area contributed by atoms with E-state index in [2.05, 4.69) is 54.6 Å². The molecule has 0 N–H and O–H groups in total. The van der Waals surface area contributed by atoms with Crippen molar-refractivity contribution in [1.29, 1.82) is 0 Å². The van der Waals surface area contributed by atoms with Crippen LogP contribution in [0, 0.1) is 0 Å². The third-order valence-corrected chi connectivity index (χ3v) is 3.77. The van der Waals surface area contributed by atoms with Crippen LogP contribution in [0.2, 0.25) is 0 Å². The van der Waals surface area contributed by atoms with Crippen LogP contribution in [0.4, 0.5) is 0 Å². The van der Waals surface area contributed by atoms with E-state index in [1.165, 1.54) is 22.3 Å². The summed E-state index contributed by atoms with van der Waals surface area (Å²) in [4.78, 5) is 0. The van der Waals surface area contributed by atoms with Gasteiger partial charge in [-0.3, -0.25) is 0 Å². The molecule has 1 aliphatic rings. The Bertz CT molecular complexity index is 538. The molecule has 0 atom stereocenters. The third kappa shape index (κ3) is 1.87. The fourth-order valence-corrected chi connectivity index (χ4v) is 2.94. The topological polar surface area (TPSA) is 0 Å². The molecule has 1 aliphatic carbocycles. The molecule has 0 aromatic heterocycles. The van der Waals surface area contributed by atoms with Gasteiger partial charge >= 0.3 is 0 Å². The van der Waals surface area contributed by atoms with Gasteiger partial charge in [0.05, 0.1) is 0 Å². The molecule has 1 heteroatoms. The summed E-state index contributed by atoms with van der Waals surface area (Å²) in [6, 6.07) is 17.4. The second-order valence-corrected chi connectivity index (χ2v) is 4.90. The summed E-state index contributed by atoms with van der Waals surface area (Å²) < 4.78 is 0. The highest BCUT2D eigenvalue weighted by atomic mass is 35.5. The van der Waals surface area contributed by atoms with Crippen molar-refractivity contribution < 1.29 is 0 Å². The summed E-state index contributed by atoms with van der Waals surface area (Å²) >= 11 is 5.70. The Hall–Kier alpha value is -1.53. The second-order valence-electron chi connectivity index (χ2n) is 4.59. The third-order valence-electron chi connectivity index (χ3n) is 3.59. The Morgan fingerprint density at radius 3 is 1.94 bits per heavy atom. The molecule has 0 unspecified atom stereocenters. The standard InChI is InChI=1S/C17H15Cl/c18-12-6-5-11-17-15-9-3-1-7-13(15)14-8-2-4-10-16(14)17/h1-10,17H,11-12H2. The minimum atomic E-state index is 0.483. The van der Waals surface area contributed by atoms with Gasteiger partial charge in [-0.05, 0) is 28.7 Å². The molecule has 0 nitrogen and oxygen atoms in total. The molecule has 0 radical (unpaired) electrons. The molecule has 2 aromatic carbocycles. The summed E-state index contributed by atoms with van der Waals surface area (Å²) in [6.45, 7) is 0. The first-order valence-corrected chi connectivity index (χ1v) is 6.84. The monoisotopic (exact) mass is 254 g/mol. The maximum atomic E-state index is 5.70. The molecule has 0 bridgehead atoms. The maximum Gasteiger partial charge on any atom is 0.0404 e. The lowest BCUT2D eigenvalue weighted by Crippen LogP contribution is -1.94. The van der Waals surface area contributed by atoms with E-state index in [0.29, 0.717) is 11.8 Å². The number of rotatable bonds is 3. The Balaban J connectivity index is 2.06. The molecular weight excluding hydrogens is 240 g/mol. The van der Waals surface area contributed by atoms with E-state index in [0.717, 1.165) is 6.42 Å². The lowest BCUT2D eigenvalue weighted by Gasteiger charge is -2.10. The number of halogens is 1. The summed E-state index contributed by atoms with van der Waals surface area (Å²) in [7, 11) is 0. The molecule has 0 amide bonds. The van der Waals surface area contributed by atoms with Gasteiger partial charge in [0.1, 0.15) is 0 Å². The highest BCUT2D eigenvalue weighted by Crippen LogP contribution is 2.46. The Morgan fingerprint density at radius 1 is 0.833 bits per heavy atom. The van der Waals surface area contributed by atoms with Crippen LogP contribution in [-0.4, -0.2) is 5.88 Å². The maximum absolute atomic E-state index is 5.70. The molecule has 2 aromatic rings. The van der Waals surface area contributed by atoms with Crippen molar-refractivity contribution in [3.63, 3.8) is 0 Å². The van der Waals surface area contributed by atoms with E-state index in [4.69, 9.17) is 11.6 Å². The zero-order valence-electron chi connectivity index (χ0n) is 10.1. The first-order valence-electron chi connectivity index (χ1n) is 6.31. The zero-order chi connectivity index (χ0) is 12.4. The van der Waals surface area contributed by atoms with E-state index in [-0.39, 0.29) is 0 Å². The molecule has 18 heavy (non-hydrogen) atoms. The minimum Gasteiger partial charge on any atom is -0.122 e. The average molecular weight is 255 g/mol. The molecule has 0 spiro atoms. The fraction of sp³-hybridized carbons (Fsp3) is 0.176. The Labute approximate surface area is 113 Å². The number of hydrogen-bond donors (Lipinski definition) is 0.